The van der Waals surface area contributed by atoms with E-state index >= 15 is 0 Å². The van der Waals surface area contributed by atoms with Crippen molar-refractivity contribution in [3.63, 3.8) is 0 Å². The topological polar surface area (TPSA) is 95.4 Å². The molecular weight excluding hydrogens is 284 g/mol. The summed E-state index contributed by atoms with van der Waals surface area (Å²) in [6.07, 6.45) is 1.49. The van der Waals surface area contributed by atoms with Crippen LogP contribution in [0.2, 0.25) is 0 Å². The zero-order chi connectivity index (χ0) is 15.8. The van der Waals surface area contributed by atoms with E-state index in [2.05, 4.69) is 10.0 Å². The fourth-order valence-electron chi connectivity index (χ4n) is 2.43. The molecule has 2 amide bonds. The molecular formula is C15H18N4O3. The van der Waals surface area contributed by atoms with Gasteiger partial charge < -0.3 is 4.74 Å². The van der Waals surface area contributed by atoms with Gasteiger partial charge in [0.15, 0.2) is 0 Å². The van der Waals surface area contributed by atoms with Gasteiger partial charge in [0.1, 0.15) is 6.61 Å². The molecule has 1 saturated heterocycles. The van der Waals surface area contributed by atoms with Gasteiger partial charge >= 0.3 is 6.09 Å². The number of nitrogens with zero attached hydrogens (tertiary/aromatic N) is 4. The van der Waals surface area contributed by atoms with Gasteiger partial charge in [-0.05, 0) is 30.4 Å². The van der Waals surface area contributed by atoms with Gasteiger partial charge in [0, 0.05) is 17.9 Å². The van der Waals surface area contributed by atoms with Crippen molar-refractivity contribution in [3.8, 4) is 0 Å². The van der Waals surface area contributed by atoms with Crippen LogP contribution < -0.4 is 0 Å². The summed E-state index contributed by atoms with van der Waals surface area (Å²) in [5.74, 6) is -0.232. The smallest absolute Gasteiger partial charge is 0.416 e. The van der Waals surface area contributed by atoms with E-state index in [0.717, 1.165) is 5.56 Å². The fourth-order valence-corrected chi connectivity index (χ4v) is 2.43. The first-order valence-corrected chi connectivity index (χ1v) is 7.26. The maximum absolute atomic E-state index is 12.2. The van der Waals surface area contributed by atoms with Crippen LogP contribution in [0.15, 0.2) is 35.4 Å². The van der Waals surface area contributed by atoms with Gasteiger partial charge in [0.05, 0.1) is 6.04 Å². The van der Waals surface area contributed by atoms with Crippen LogP contribution in [-0.4, -0.2) is 36.1 Å². The van der Waals surface area contributed by atoms with Crippen molar-refractivity contribution in [2.75, 3.05) is 13.2 Å². The highest BCUT2D eigenvalue weighted by molar-refractivity contribution is 5.93. The minimum atomic E-state index is -0.569. The number of azide groups is 1. The summed E-state index contributed by atoms with van der Waals surface area (Å²) in [7, 11) is 0. The Morgan fingerprint density at radius 3 is 2.86 bits per heavy atom. The third kappa shape index (κ3) is 4.23. The maximum Gasteiger partial charge on any atom is 0.416 e. The van der Waals surface area contributed by atoms with Crippen molar-refractivity contribution in [2.45, 2.75) is 31.7 Å². The lowest BCUT2D eigenvalue weighted by Crippen LogP contribution is -2.40. The zero-order valence-corrected chi connectivity index (χ0v) is 12.2. The van der Waals surface area contributed by atoms with Crippen LogP contribution in [0.1, 0.15) is 24.8 Å². The number of rotatable bonds is 7. The molecule has 1 aliphatic rings. The summed E-state index contributed by atoms with van der Waals surface area (Å²) in [6, 6.07) is 9.45. The number of amides is 2. The lowest BCUT2D eigenvalue weighted by atomic mass is 10.1. The third-order valence-corrected chi connectivity index (χ3v) is 3.51. The second-order valence-corrected chi connectivity index (χ2v) is 5.10. The normalized spacial score (nSPS) is 17.0. The highest BCUT2D eigenvalue weighted by Gasteiger charge is 2.37. The lowest BCUT2D eigenvalue weighted by Gasteiger charge is -2.19. The molecule has 116 valence electrons. The summed E-state index contributed by atoms with van der Waals surface area (Å²) >= 11 is 0. The molecule has 1 aromatic rings. The minimum absolute atomic E-state index is 0.232. The number of hydrogen-bond donors (Lipinski definition) is 0. The van der Waals surface area contributed by atoms with Crippen molar-refractivity contribution < 1.29 is 14.3 Å². The van der Waals surface area contributed by atoms with E-state index in [9.17, 15) is 9.59 Å². The van der Waals surface area contributed by atoms with Gasteiger partial charge in [-0.2, -0.15) is 0 Å². The Bertz CT molecular complexity index is 569. The molecule has 0 radical (unpaired) electrons. The largest absolute Gasteiger partial charge is 0.447 e. The minimum Gasteiger partial charge on any atom is -0.447 e. The van der Waals surface area contributed by atoms with Gasteiger partial charge in [-0.3, -0.25) is 4.79 Å². The first-order valence-electron chi connectivity index (χ1n) is 7.26. The Balaban J connectivity index is 1.89. The van der Waals surface area contributed by atoms with Gasteiger partial charge in [0.2, 0.25) is 5.91 Å². The molecule has 2 rings (SSSR count). The van der Waals surface area contributed by atoms with E-state index in [1.165, 1.54) is 4.90 Å². The maximum atomic E-state index is 12.2. The predicted octanol–water partition coefficient (Wildman–Crippen LogP) is 3.06. The molecule has 0 unspecified atom stereocenters. The SMILES string of the molecule is [N-]=[N+]=NCCCCC(=O)N1C(=O)OC[C@@H]1Cc1ccccc1. The fraction of sp³-hybridized carbons (Fsp3) is 0.467. The van der Waals surface area contributed by atoms with Crippen molar-refractivity contribution in [1.82, 2.24) is 4.90 Å². The van der Waals surface area contributed by atoms with Gasteiger partial charge in [-0.1, -0.05) is 35.4 Å². The molecule has 0 N–H and O–H groups in total. The Labute approximate surface area is 128 Å². The molecule has 1 atom stereocenters. The van der Waals surface area contributed by atoms with Crippen LogP contribution in [0.25, 0.3) is 10.4 Å². The number of imide groups is 1. The predicted molar refractivity (Wildman–Crippen MR) is 80.0 cm³/mol. The molecule has 22 heavy (non-hydrogen) atoms. The first-order chi connectivity index (χ1) is 10.7. The number of cyclic esters (lactones) is 1. The van der Waals surface area contributed by atoms with Crippen LogP contribution in [0.4, 0.5) is 4.79 Å². The van der Waals surface area contributed by atoms with Gasteiger partial charge in [-0.25, -0.2) is 9.69 Å². The third-order valence-electron chi connectivity index (χ3n) is 3.51. The highest BCUT2D eigenvalue weighted by atomic mass is 16.6. The van der Waals surface area contributed by atoms with E-state index < -0.39 is 6.09 Å². The summed E-state index contributed by atoms with van der Waals surface area (Å²) in [5.41, 5.74) is 9.24. The van der Waals surface area contributed by atoms with Crippen LogP contribution in [0.3, 0.4) is 0 Å². The molecule has 0 aromatic heterocycles. The summed E-state index contributed by atoms with van der Waals surface area (Å²) in [4.78, 5) is 27.9. The van der Waals surface area contributed by atoms with Crippen LogP contribution >= 0.6 is 0 Å². The number of unbranched alkanes of at least 4 members (excludes halogenated alkanes) is 1. The van der Waals surface area contributed by atoms with Crippen LogP contribution in [0, 0.1) is 0 Å². The van der Waals surface area contributed by atoms with Crippen molar-refractivity contribution in [3.05, 3.63) is 46.3 Å². The second kappa shape index (κ2) is 8.05. The second-order valence-electron chi connectivity index (χ2n) is 5.10. The molecule has 0 bridgehead atoms. The van der Waals surface area contributed by atoms with Crippen LogP contribution in [-0.2, 0) is 16.0 Å². The molecule has 1 aromatic carbocycles. The number of hydrogen-bond acceptors (Lipinski definition) is 4. The Morgan fingerprint density at radius 2 is 2.14 bits per heavy atom. The standard InChI is InChI=1S/C15H18N4O3/c16-18-17-9-5-4-8-14(20)19-13(11-22-15(19)21)10-12-6-2-1-3-7-12/h1-3,6-7,13H,4-5,8-11H2/t13-/m0/s1. The average Bonchev–Trinajstić information content (AvgIpc) is 2.88. The number of benzene rings is 1. The zero-order valence-electron chi connectivity index (χ0n) is 12.2. The quantitative estimate of drug-likeness (QED) is 0.335. The average molecular weight is 302 g/mol. The van der Waals surface area contributed by atoms with Crippen molar-refractivity contribution in [1.29, 1.82) is 0 Å². The number of carbonyl (C=O) groups is 2. The number of carbonyl (C=O) groups excluding carboxylic acids is 2. The summed E-state index contributed by atoms with van der Waals surface area (Å²) in [5, 5.41) is 3.42. The number of ether oxygens (including phenoxy) is 1. The summed E-state index contributed by atoms with van der Waals surface area (Å²) in [6.45, 7) is 0.597. The monoisotopic (exact) mass is 302 g/mol. The molecule has 7 heteroatoms. The Morgan fingerprint density at radius 1 is 1.36 bits per heavy atom. The van der Waals surface area contributed by atoms with Crippen molar-refractivity contribution >= 4 is 12.0 Å². The first kappa shape index (κ1) is 15.9. The molecule has 0 saturated carbocycles. The summed E-state index contributed by atoms with van der Waals surface area (Å²) < 4.78 is 5.02. The van der Waals surface area contributed by atoms with Gasteiger partial charge in [-0.15, -0.1) is 0 Å². The van der Waals surface area contributed by atoms with Crippen molar-refractivity contribution in [2.24, 2.45) is 5.11 Å². The molecule has 1 fully saturated rings. The molecule has 1 heterocycles. The van der Waals surface area contributed by atoms with Crippen LogP contribution in [0.5, 0.6) is 0 Å². The molecule has 0 spiro atoms. The lowest BCUT2D eigenvalue weighted by molar-refractivity contribution is -0.129. The molecule has 7 nitrogen and oxygen atoms in total. The van der Waals surface area contributed by atoms with E-state index in [1.807, 2.05) is 30.3 Å². The van der Waals surface area contributed by atoms with E-state index in [1.54, 1.807) is 0 Å². The molecule has 1 aliphatic heterocycles. The van der Waals surface area contributed by atoms with Gasteiger partial charge in [0.25, 0.3) is 0 Å². The molecule has 0 aliphatic carbocycles. The van der Waals surface area contributed by atoms with E-state index in [4.69, 9.17) is 10.3 Å². The highest BCUT2D eigenvalue weighted by Crippen LogP contribution is 2.19. The Hall–Kier alpha value is -2.53. The van der Waals surface area contributed by atoms with E-state index in [-0.39, 0.29) is 25.0 Å². The Kier molecular flexibility index (Phi) is 5.80. The van der Waals surface area contributed by atoms with E-state index in [0.29, 0.717) is 25.8 Å².